The smallest absolute Gasteiger partial charge is 0.336 e. The molecule has 0 unspecified atom stereocenters. The molecule has 0 amide bonds. The van der Waals surface area contributed by atoms with Crippen molar-refractivity contribution in [1.29, 1.82) is 0 Å². The van der Waals surface area contributed by atoms with Gasteiger partial charge in [0.25, 0.3) is 0 Å². The number of carboxylic acids is 1. The van der Waals surface area contributed by atoms with E-state index in [2.05, 4.69) is 4.98 Å². The molecule has 21 heavy (non-hydrogen) atoms. The van der Waals surface area contributed by atoms with Gasteiger partial charge in [0.05, 0.1) is 11.1 Å². The third kappa shape index (κ3) is 2.82. The Morgan fingerprint density at radius 2 is 1.71 bits per heavy atom. The fraction of sp³-hybridized carbons (Fsp3) is 0. The summed E-state index contributed by atoms with van der Waals surface area (Å²) in [6.45, 7) is 0. The maximum absolute atomic E-state index is 11.3. The molecule has 1 aromatic heterocycles. The van der Waals surface area contributed by atoms with Crippen LogP contribution in [0.25, 0.3) is 23.1 Å². The summed E-state index contributed by atoms with van der Waals surface area (Å²) in [7, 11) is 0. The molecule has 3 aromatic rings. The average Bonchev–Trinajstić information content (AvgIpc) is 2.53. The molecule has 2 aromatic carbocycles. The van der Waals surface area contributed by atoms with E-state index in [-0.39, 0.29) is 5.56 Å². The summed E-state index contributed by atoms with van der Waals surface area (Å²) in [5, 5.41) is 9.89. The third-order valence-electron chi connectivity index (χ3n) is 3.26. The van der Waals surface area contributed by atoms with E-state index in [1.165, 1.54) is 12.3 Å². The number of benzene rings is 2. The quantitative estimate of drug-likeness (QED) is 0.732. The van der Waals surface area contributed by atoms with E-state index in [4.69, 9.17) is 0 Å². The monoisotopic (exact) mass is 275 g/mol. The molecule has 0 saturated heterocycles. The zero-order chi connectivity index (χ0) is 14.7. The molecule has 1 heterocycles. The van der Waals surface area contributed by atoms with E-state index in [1.807, 2.05) is 60.7 Å². The van der Waals surface area contributed by atoms with E-state index < -0.39 is 5.97 Å². The predicted octanol–water partition coefficient (Wildman–Crippen LogP) is 4.10. The highest BCUT2D eigenvalue weighted by Gasteiger charge is 2.08. The Morgan fingerprint density at radius 3 is 2.48 bits per heavy atom. The van der Waals surface area contributed by atoms with E-state index in [0.29, 0.717) is 10.9 Å². The van der Waals surface area contributed by atoms with Crippen molar-refractivity contribution in [2.45, 2.75) is 0 Å². The van der Waals surface area contributed by atoms with Crippen molar-refractivity contribution in [2.24, 2.45) is 0 Å². The first-order valence-corrected chi connectivity index (χ1v) is 6.59. The van der Waals surface area contributed by atoms with Crippen molar-refractivity contribution in [2.75, 3.05) is 0 Å². The van der Waals surface area contributed by atoms with E-state index in [9.17, 15) is 9.90 Å². The minimum Gasteiger partial charge on any atom is -0.478 e. The Morgan fingerprint density at radius 1 is 0.952 bits per heavy atom. The van der Waals surface area contributed by atoms with Crippen LogP contribution in [-0.2, 0) is 0 Å². The average molecular weight is 275 g/mol. The van der Waals surface area contributed by atoms with Gasteiger partial charge in [0.15, 0.2) is 0 Å². The van der Waals surface area contributed by atoms with Crippen LogP contribution in [0.3, 0.4) is 0 Å². The molecule has 0 aliphatic heterocycles. The maximum Gasteiger partial charge on any atom is 0.336 e. The Balaban J connectivity index is 2.03. The Labute approximate surface area is 122 Å². The number of fused-ring (bicyclic) bond motifs is 1. The molecule has 3 rings (SSSR count). The summed E-state index contributed by atoms with van der Waals surface area (Å²) in [5.74, 6) is -0.938. The van der Waals surface area contributed by atoms with E-state index >= 15 is 0 Å². The second-order valence-electron chi connectivity index (χ2n) is 4.68. The summed E-state index contributed by atoms with van der Waals surface area (Å²) >= 11 is 0. The number of hydrogen-bond acceptors (Lipinski definition) is 2. The lowest BCUT2D eigenvalue weighted by molar-refractivity contribution is 0.0699. The summed E-state index contributed by atoms with van der Waals surface area (Å²) in [6.07, 6.45) is 5.48. The molecular weight excluding hydrogens is 262 g/mol. The van der Waals surface area contributed by atoms with Crippen LogP contribution >= 0.6 is 0 Å². The highest BCUT2D eigenvalue weighted by Crippen LogP contribution is 2.20. The van der Waals surface area contributed by atoms with Crippen LogP contribution in [0.15, 0.2) is 60.8 Å². The molecule has 0 atom stereocenters. The minimum atomic E-state index is -0.938. The fourth-order valence-electron chi connectivity index (χ4n) is 2.21. The van der Waals surface area contributed by atoms with Crippen molar-refractivity contribution in [1.82, 2.24) is 4.98 Å². The number of hydrogen-bond donors (Lipinski definition) is 1. The number of rotatable bonds is 3. The van der Waals surface area contributed by atoms with Crippen molar-refractivity contribution < 1.29 is 9.90 Å². The second-order valence-corrected chi connectivity index (χ2v) is 4.68. The highest BCUT2D eigenvalue weighted by molar-refractivity contribution is 6.03. The Hall–Kier alpha value is -2.94. The van der Waals surface area contributed by atoms with Crippen molar-refractivity contribution in [3.05, 3.63) is 77.5 Å². The molecule has 1 N–H and O–H groups in total. The van der Waals surface area contributed by atoms with Gasteiger partial charge in [0.1, 0.15) is 0 Å². The van der Waals surface area contributed by atoms with Crippen LogP contribution in [-0.4, -0.2) is 16.1 Å². The second kappa shape index (κ2) is 5.59. The van der Waals surface area contributed by atoms with Gasteiger partial charge in [-0.2, -0.15) is 0 Å². The van der Waals surface area contributed by atoms with Crippen LogP contribution in [0.1, 0.15) is 21.5 Å². The van der Waals surface area contributed by atoms with Gasteiger partial charge < -0.3 is 5.11 Å². The van der Waals surface area contributed by atoms with Crippen LogP contribution in [0.2, 0.25) is 0 Å². The molecular formula is C18H13NO2. The van der Waals surface area contributed by atoms with Gasteiger partial charge in [-0.25, -0.2) is 4.79 Å². The van der Waals surface area contributed by atoms with Gasteiger partial charge in [-0.05, 0) is 29.3 Å². The molecule has 0 spiro atoms. The van der Waals surface area contributed by atoms with Gasteiger partial charge in [-0.15, -0.1) is 0 Å². The third-order valence-corrected chi connectivity index (χ3v) is 3.26. The number of carboxylic acid groups (broad SMARTS) is 1. The number of nitrogens with zero attached hydrogens (tertiary/aromatic N) is 1. The largest absolute Gasteiger partial charge is 0.478 e. The molecule has 102 valence electrons. The minimum absolute atomic E-state index is 0.273. The first-order valence-electron chi connectivity index (χ1n) is 6.59. The van der Waals surface area contributed by atoms with Crippen LogP contribution < -0.4 is 0 Å². The van der Waals surface area contributed by atoms with Crippen molar-refractivity contribution >= 4 is 29.0 Å². The standard InChI is InChI=1S/C18H13NO2/c20-18(21)15-10-11-19-17-9-8-14(12-16(15)17)7-6-13-4-2-1-3-5-13/h1-12H,(H,20,21)/b7-6+. The Kier molecular flexibility index (Phi) is 3.48. The number of aromatic carboxylic acids is 1. The highest BCUT2D eigenvalue weighted by atomic mass is 16.4. The summed E-state index contributed by atoms with van der Waals surface area (Å²) in [6, 6.07) is 17.1. The number of pyridine rings is 1. The van der Waals surface area contributed by atoms with Crippen LogP contribution in [0.4, 0.5) is 0 Å². The molecule has 0 radical (unpaired) electrons. The summed E-state index contributed by atoms with van der Waals surface area (Å²) < 4.78 is 0. The molecule has 0 aliphatic rings. The van der Waals surface area contributed by atoms with Crippen molar-refractivity contribution in [3.8, 4) is 0 Å². The first kappa shape index (κ1) is 13.1. The number of carbonyl (C=O) groups is 1. The van der Waals surface area contributed by atoms with Gasteiger partial charge in [-0.1, -0.05) is 48.6 Å². The van der Waals surface area contributed by atoms with Crippen LogP contribution in [0.5, 0.6) is 0 Å². The topological polar surface area (TPSA) is 50.2 Å². The SMILES string of the molecule is O=C(O)c1ccnc2ccc(/C=C/c3ccccc3)cc12. The lowest BCUT2D eigenvalue weighted by atomic mass is 10.1. The fourth-order valence-corrected chi connectivity index (χ4v) is 2.21. The van der Waals surface area contributed by atoms with Gasteiger partial charge in [-0.3, -0.25) is 4.98 Å². The van der Waals surface area contributed by atoms with Gasteiger partial charge in [0, 0.05) is 11.6 Å². The maximum atomic E-state index is 11.3. The van der Waals surface area contributed by atoms with Crippen LogP contribution in [0, 0.1) is 0 Å². The van der Waals surface area contributed by atoms with E-state index in [0.717, 1.165) is 11.1 Å². The molecule has 0 saturated carbocycles. The number of aromatic nitrogens is 1. The zero-order valence-corrected chi connectivity index (χ0v) is 11.2. The summed E-state index contributed by atoms with van der Waals surface area (Å²) in [5.41, 5.74) is 3.01. The van der Waals surface area contributed by atoms with Gasteiger partial charge >= 0.3 is 5.97 Å². The molecule has 0 fully saturated rings. The zero-order valence-electron chi connectivity index (χ0n) is 11.2. The molecule has 3 nitrogen and oxygen atoms in total. The normalized spacial score (nSPS) is 11.0. The molecule has 3 heteroatoms. The van der Waals surface area contributed by atoms with Gasteiger partial charge in [0.2, 0.25) is 0 Å². The van der Waals surface area contributed by atoms with E-state index in [1.54, 1.807) is 0 Å². The molecule has 0 aliphatic carbocycles. The lowest BCUT2D eigenvalue weighted by Crippen LogP contribution is -1.98. The Bertz CT molecular complexity index is 823. The van der Waals surface area contributed by atoms with Crippen molar-refractivity contribution in [3.63, 3.8) is 0 Å². The predicted molar refractivity (Wildman–Crippen MR) is 84.1 cm³/mol. The molecule has 0 bridgehead atoms. The summed E-state index contributed by atoms with van der Waals surface area (Å²) in [4.78, 5) is 15.5. The first-order chi connectivity index (χ1) is 10.2. The lowest BCUT2D eigenvalue weighted by Gasteiger charge is -2.03.